The number of sulfonamides is 1. The van der Waals surface area contributed by atoms with E-state index in [4.69, 9.17) is 5.73 Å². The summed E-state index contributed by atoms with van der Waals surface area (Å²) in [4.78, 5) is 10.1. The SMILES string of the molecule is NCC1CCN(S(=O)(=O)c2ccc(Br)cc2[N+](=O)[O-])CC1. The van der Waals surface area contributed by atoms with Crippen LogP contribution in [0.2, 0.25) is 0 Å². The summed E-state index contributed by atoms with van der Waals surface area (Å²) in [5.74, 6) is 0.316. The van der Waals surface area contributed by atoms with Crippen LogP contribution in [0.25, 0.3) is 0 Å². The molecule has 0 aliphatic carbocycles. The van der Waals surface area contributed by atoms with Gasteiger partial charge in [-0.15, -0.1) is 0 Å². The number of halogens is 1. The lowest BCUT2D eigenvalue weighted by molar-refractivity contribution is -0.387. The van der Waals surface area contributed by atoms with Gasteiger partial charge in [-0.05, 0) is 37.4 Å². The van der Waals surface area contributed by atoms with Crippen molar-refractivity contribution in [1.29, 1.82) is 0 Å². The molecule has 0 spiro atoms. The fourth-order valence-corrected chi connectivity index (χ4v) is 4.33. The van der Waals surface area contributed by atoms with Crippen LogP contribution < -0.4 is 5.73 Å². The first-order chi connectivity index (χ1) is 9.86. The number of nitrogens with zero attached hydrogens (tertiary/aromatic N) is 2. The molecule has 2 N–H and O–H groups in total. The van der Waals surface area contributed by atoms with Gasteiger partial charge in [0.15, 0.2) is 4.90 Å². The molecule has 0 bridgehead atoms. The quantitative estimate of drug-likeness (QED) is 0.634. The molecular weight excluding hydrogens is 362 g/mol. The predicted molar refractivity (Wildman–Crippen MR) is 81.3 cm³/mol. The van der Waals surface area contributed by atoms with Crippen LogP contribution >= 0.6 is 15.9 Å². The standard InChI is InChI=1S/C12H16BrN3O4S/c13-10-1-2-12(11(7-10)16(17)18)21(19,20)15-5-3-9(8-14)4-6-15/h1-2,7,9H,3-6,8,14H2. The molecule has 1 fully saturated rings. The summed E-state index contributed by atoms with van der Waals surface area (Å²) >= 11 is 3.12. The van der Waals surface area contributed by atoms with Crippen LogP contribution in [0.15, 0.2) is 27.6 Å². The summed E-state index contributed by atoms with van der Waals surface area (Å²) in [6.07, 6.45) is 1.36. The molecule has 0 unspecified atom stereocenters. The Morgan fingerprint density at radius 1 is 1.38 bits per heavy atom. The van der Waals surface area contributed by atoms with Gasteiger partial charge >= 0.3 is 0 Å². The van der Waals surface area contributed by atoms with Crippen molar-refractivity contribution in [2.24, 2.45) is 11.7 Å². The second-order valence-electron chi connectivity index (χ2n) is 4.95. The Kier molecular flexibility index (Phi) is 4.97. The molecule has 0 saturated carbocycles. The molecule has 0 radical (unpaired) electrons. The summed E-state index contributed by atoms with van der Waals surface area (Å²) in [7, 11) is -3.86. The zero-order chi connectivity index (χ0) is 15.6. The van der Waals surface area contributed by atoms with Crippen LogP contribution in [0.3, 0.4) is 0 Å². The van der Waals surface area contributed by atoms with Crippen LogP contribution in [0.1, 0.15) is 12.8 Å². The van der Waals surface area contributed by atoms with Crippen molar-refractivity contribution >= 4 is 31.6 Å². The summed E-state index contributed by atoms with van der Waals surface area (Å²) in [6, 6.07) is 3.97. The number of hydrogen-bond acceptors (Lipinski definition) is 5. The van der Waals surface area contributed by atoms with Crippen LogP contribution in [-0.4, -0.2) is 37.3 Å². The highest BCUT2D eigenvalue weighted by Crippen LogP contribution is 2.31. The zero-order valence-corrected chi connectivity index (χ0v) is 13.6. The molecule has 116 valence electrons. The van der Waals surface area contributed by atoms with E-state index in [1.165, 1.54) is 22.5 Å². The zero-order valence-electron chi connectivity index (χ0n) is 11.2. The van der Waals surface area contributed by atoms with Crippen LogP contribution in [0.5, 0.6) is 0 Å². The molecule has 21 heavy (non-hydrogen) atoms. The van der Waals surface area contributed by atoms with Crippen LogP contribution in [-0.2, 0) is 10.0 Å². The third-order valence-corrected chi connectivity index (χ3v) is 6.08. The minimum atomic E-state index is -3.86. The smallest absolute Gasteiger partial charge is 0.290 e. The molecule has 0 amide bonds. The van der Waals surface area contributed by atoms with Crippen LogP contribution in [0.4, 0.5) is 5.69 Å². The Morgan fingerprint density at radius 2 is 2.00 bits per heavy atom. The first-order valence-corrected chi connectivity index (χ1v) is 8.73. The summed E-state index contributed by atoms with van der Waals surface area (Å²) in [6.45, 7) is 1.22. The van der Waals surface area contributed by atoms with Gasteiger partial charge in [-0.1, -0.05) is 15.9 Å². The maximum atomic E-state index is 12.6. The van der Waals surface area contributed by atoms with Crippen molar-refractivity contribution in [3.05, 3.63) is 32.8 Å². The minimum Gasteiger partial charge on any atom is -0.330 e. The average molecular weight is 378 g/mol. The number of rotatable bonds is 4. The van der Waals surface area contributed by atoms with Gasteiger partial charge in [0.2, 0.25) is 10.0 Å². The number of hydrogen-bond donors (Lipinski definition) is 1. The van der Waals surface area contributed by atoms with E-state index in [0.29, 0.717) is 42.9 Å². The molecule has 1 aromatic carbocycles. The van der Waals surface area contributed by atoms with Gasteiger partial charge in [0, 0.05) is 23.6 Å². The summed E-state index contributed by atoms with van der Waals surface area (Å²) in [5.41, 5.74) is 5.18. The van der Waals surface area contributed by atoms with Crippen molar-refractivity contribution in [3.8, 4) is 0 Å². The van der Waals surface area contributed by atoms with E-state index in [1.807, 2.05) is 0 Å². The third-order valence-electron chi connectivity index (χ3n) is 3.64. The Labute approximate surface area is 131 Å². The van der Waals surface area contributed by atoms with E-state index >= 15 is 0 Å². The van der Waals surface area contributed by atoms with Crippen molar-refractivity contribution in [2.75, 3.05) is 19.6 Å². The first-order valence-electron chi connectivity index (χ1n) is 6.50. The molecule has 9 heteroatoms. The molecule has 0 atom stereocenters. The third kappa shape index (κ3) is 3.42. The Morgan fingerprint density at radius 3 is 2.52 bits per heavy atom. The normalized spacial score (nSPS) is 17.8. The lowest BCUT2D eigenvalue weighted by Crippen LogP contribution is -2.40. The lowest BCUT2D eigenvalue weighted by Gasteiger charge is -2.30. The van der Waals surface area contributed by atoms with Gasteiger partial charge < -0.3 is 5.73 Å². The van der Waals surface area contributed by atoms with Crippen molar-refractivity contribution in [2.45, 2.75) is 17.7 Å². The molecule has 0 aromatic heterocycles. The Balaban J connectivity index is 2.34. The van der Waals surface area contributed by atoms with Crippen molar-refractivity contribution in [1.82, 2.24) is 4.31 Å². The highest BCUT2D eigenvalue weighted by atomic mass is 79.9. The molecule has 1 aliphatic heterocycles. The second kappa shape index (κ2) is 6.39. The van der Waals surface area contributed by atoms with Crippen molar-refractivity contribution in [3.63, 3.8) is 0 Å². The summed E-state index contributed by atoms with van der Waals surface area (Å²) in [5, 5.41) is 11.1. The van der Waals surface area contributed by atoms with E-state index in [9.17, 15) is 18.5 Å². The maximum Gasteiger partial charge on any atom is 0.290 e. The topological polar surface area (TPSA) is 107 Å². The number of nitrogens with two attached hydrogens (primary N) is 1. The molecule has 1 aromatic rings. The Bertz CT molecular complexity index is 642. The fraction of sp³-hybridized carbons (Fsp3) is 0.500. The van der Waals surface area contributed by atoms with E-state index < -0.39 is 20.6 Å². The lowest BCUT2D eigenvalue weighted by atomic mass is 9.99. The van der Waals surface area contributed by atoms with E-state index in [1.54, 1.807) is 0 Å². The molecule has 1 saturated heterocycles. The molecular formula is C12H16BrN3O4S. The van der Waals surface area contributed by atoms with Crippen molar-refractivity contribution < 1.29 is 13.3 Å². The maximum absolute atomic E-state index is 12.6. The Hall–Kier alpha value is -1.03. The van der Waals surface area contributed by atoms with Gasteiger partial charge in [0.1, 0.15) is 0 Å². The number of nitro groups is 1. The van der Waals surface area contributed by atoms with Gasteiger partial charge in [0.05, 0.1) is 4.92 Å². The second-order valence-corrected chi connectivity index (χ2v) is 7.77. The van der Waals surface area contributed by atoms with Gasteiger partial charge in [-0.2, -0.15) is 4.31 Å². The number of piperidine rings is 1. The van der Waals surface area contributed by atoms with E-state index in [2.05, 4.69) is 15.9 Å². The number of benzene rings is 1. The van der Waals surface area contributed by atoms with E-state index in [-0.39, 0.29) is 4.90 Å². The molecule has 1 heterocycles. The monoisotopic (exact) mass is 377 g/mol. The highest BCUT2D eigenvalue weighted by Gasteiger charge is 2.34. The minimum absolute atomic E-state index is 0.262. The average Bonchev–Trinajstić information content (AvgIpc) is 2.47. The van der Waals surface area contributed by atoms with Crippen LogP contribution in [0, 0.1) is 16.0 Å². The van der Waals surface area contributed by atoms with Gasteiger partial charge in [-0.3, -0.25) is 10.1 Å². The first kappa shape index (κ1) is 16.3. The van der Waals surface area contributed by atoms with Gasteiger partial charge in [-0.25, -0.2) is 8.42 Å². The molecule has 1 aliphatic rings. The van der Waals surface area contributed by atoms with Gasteiger partial charge in [0.25, 0.3) is 5.69 Å². The molecule has 2 rings (SSSR count). The number of nitro benzene ring substituents is 1. The summed E-state index contributed by atoms with van der Waals surface area (Å²) < 4.78 is 27.0. The highest BCUT2D eigenvalue weighted by molar-refractivity contribution is 9.10. The predicted octanol–water partition coefficient (Wildman–Crippen LogP) is 1.72. The fourth-order valence-electron chi connectivity index (χ4n) is 2.38. The largest absolute Gasteiger partial charge is 0.330 e. The van der Waals surface area contributed by atoms with E-state index in [0.717, 1.165) is 0 Å². The molecule has 7 nitrogen and oxygen atoms in total.